The first-order chi connectivity index (χ1) is 10.8. The number of carbonyl (C=O) groups excluding carboxylic acids is 2. The van der Waals surface area contributed by atoms with Gasteiger partial charge in [0.2, 0.25) is 0 Å². The monoisotopic (exact) mass is 352 g/mol. The third-order valence-corrected chi connectivity index (χ3v) is 3.77. The van der Waals surface area contributed by atoms with Gasteiger partial charge < -0.3 is 10.3 Å². The fraction of sp³-hybridized carbons (Fsp3) is 0.133. The fourth-order valence-electron chi connectivity index (χ4n) is 2.16. The molecule has 0 saturated carbocycles. The summed E-state index contributed by atoms with van der Waals surface area (Å²) in [4.78, 5) is 21.7. The van der Waals surface area contributed by atoms with Gasteiger partial charge in [-0.3, -0.25) is 9.59 Å². The highest BCUT2D eigenvalue weighted by Crippen LogP contribution is 2.28. The van der Waals surface area contributed by atoms with Gasteiger partial charge in [0.05, 0.1) is 16.9 Å². The molecule has 0 aliphatic rings. The molecule has 3 N–H and O–H groups in total. The van der Waals surface area contributed by atoms with E-state index in [1.165, 1.54) is 6.21 Å². The number of nitrogens with one attached hydrogen (secondary N) is 1. The topological polar surface area (TPSA) is 89.5 Å². The zero-order chi connectivity index (χ0) is 17.1. The molecular formula is C15H14Cl2N4O2. The van der Waals surface area contributed by atoms with Crippen LogP contribution in [0.25, 0.3) is 5.69 Å². The molecule has 1 heterocycles. The SMILES string of the molecule is Cc1cc(/C=N\NC(=O)C(N)=O)c(C)n1-c1cc(Cl)ccc1Cl. The summed E-state index contributed by atoms with van der Waals surface area (Å²) in [5.74, 6) is -2.08. The van der Waals surface area contributed by atoms with Crippen LogP contribution in [0.4, 0.5) is 0 Å². The Morgan fingerprint density at radius 3 is 2.61 bits per heavy atom. The lowest BCUT2D eigenvalue weighted by Crippen LogP contribution is -2.32. The van der Waals surface area contributed by atoms with Gasteiger partial charge in [0.25, 0.3) is 0 Å². The molecule has 2 amide bonds. The minimum Gasteiger partial charge on any atom is -0.361 e. The first-order valence-corrected chi connectivity index (χ1v) is 7.34. The van der Waals surface area contributed by atoms with Gasteiger partial charge in [-0.05, 0) is 38.1 Å². The van der Waals surface area contributed by atoms with Crippen molar-refractivity contribution >= 4 is 41.2 Å². The first-order valence-electron chi connectivity index (χ1n) is 6.58. The van der Waals surface area contributed by atoms with Crippen LogP contribution in [0.5, 0.6) is 0 Å². The van der Waals surface area contributed by atoms with Gasteiger partial charge in [0, 0.05) is 22.0 Å². The molecule has 2 rings (SSSR count). The molecule has 0 saturated heterocycles. The van der Waals surface area contributed by atoms with Crippen LogP contribution in [0.15, 0.2) is 29.4 Å². The number of aryl methyl sites for hydroxylation is 1. The third kappa shape index (κ3) is 3.72. The zero-order valence-corrected chi connectivity index (χ0v) is 13.9. The number of hydrazone groups is 1. The van der Waals surface area contributed by atoms with E-state index >= 15 is 0 Å². The molecule has 0 aliphatic heterocycles. The number of hydrogen-bond acceptors (Lipinski definition) is 3. The predicted octanol–water partition coefficient (Wildman–Crippen LogP) is 2.34. The second-order valence-corrected chi connectivity index (χ2v) is 5.66. The molecule has 0 radical (unpaired) electrons. The van der Waals surface area contributed by atoms with Crippen molar-refractivity contribution in [1.82, 2.24) is 9.99 Å². The van der Waals surface area contributed by atoms with Crippen molar-refractivity contribution in [3.05, 3.63) is 51.3 Å². The summed E-state index contributed by atoms with van der Waals surface area (Å²) in [5.41, 5.74) is 10.1. The second-order valence-electron chi connectivity index (χ2n) is 4.82. The van der Waals surface area contributed by atoms with Crippen molar-refractivity contribution in [2.24, 2.45) is 10.8 Å². The van der Waals surface area contributed by atoms with Crippen LogP contribution in [0.1, 0.15) is 17.0 Å². The molecule has 0 bridgehead atoms. The summed E-state index contributed by atoms with van der Waals surface area (Å²) in [6.45, 7) is 3.78. The molecule has 23 heavy (non-hydrogen) atoms. The van der Waals surface area contributed by atoms with Gasteiger partial charge in [-0.1, -0.05) is 23.2 Å². The Morgan fingerprint density at radius 1 is 1.26 bits per heavy atom. The summed E-state index contributed by atoms with van der Waals surface area (Å²) in [5, 5.41) is 4.84. The van der Waals surface area contributed by atoms with Crippen molar-refractivity contribution in [1.29, 1.82) is 0 Å². The average molecular weight is 353 g/mol. The van der Waals surface area contributed by atoms with Crippen LogP contribution >= 0.6 is 23.2 Å². The Morgan fingerprint density at radius 2 is 1.96 bits per heavy atom. The van der Waals surface area contributed by atoms with E-state index in [4.69, 9.17) is 28.9 Å². The third-order valence-electron chi connectivity index (χ3n) is 3.21. The highest BCUT2D eigenvalue weighted by molar-refractivity contribution is 6.35. The fourth-order valence-corrected chi connectivity index (χ4v) is 2.53. The van der Waals surface area contributed by atoms with E-state index in [1.54, 1.807) is 18.2 Å². The number of benzene rings is 1. The van der Waals surface area contributed by atoms with Crippen LogP contribution in [0, 0.1) is 13.8 Å². The van der Waals surface area contributed by atoms with Crippen LogP contribution in [-0.2, 0) is 9.59 Å². The lowest BCUT2D eigenvalue weighted by atomic mass is 10.2. The standard InChI is InChI=1S/C15H14Cl2N4O2/c1-8-5-10(7-19-20-15(23)14(18)22)9(2)21(8)13-6-11(16)3-4-12(13)17/h3-7H,1-2H3,(H2,18,22)(H,20,23)/b19-7-. The molecule has 0 unspecified atom stereocenters. The van der Waals surface area contributed by atoms with Crippen molar-refractivity contribution in [2.45, 2.75) is 13.8 Å². The molecule has 2 aromatic rings. The molecule has 0 spiro atoms. The van der Waals surface area contributed by atoms with Crippen LogP contribution in [0.2, 0.25) is 10.0 Å². The average Bonchev–Trinajstić information content (AvgIpc) is 2.76. The molecule has 6 nitrogen and oxygen atoms in total. The number of nitrogens with two attached hydrogens (primary N) is 1. The molecule has 0 fully saturated rings. The maximum absolute atomic E-state index is 11.1. The number of primary amides is 1. The Balaban J connectivity index is 2.37. The van der Waals surface area contributed by atoms with Crippen LogP contribution < -0.4 is 11.2 Å². The maximum atomic E-state index is 11.1. The Bertz CT molecular complexity index is 812. The van der Waals surface area contributed by atoms with Gasteiger partial charge in [-0.25, -0.2) is 5.43 Å². The van der Waals surface area contributed by atoms with Crippen molar-refractivity contribution in [3.63, 3.8) is 0 Å². The van der Waals surface area contributed by atoms with Gasteiger partial charge in [-0.2, -0.15) is 5.10 Å². The van der Waals surface area contributed by atoms with E-state index in [-0.39, 0.29) is 0 Å². The van der Waals surface area contributed by atoms with E-state index in [9.17, 15) is 9.59 Å². The molecule has 1 aromatic carbocycles. The minimum absolute atomic E-state index is 0.557. The normalized spacial score (nSPS) is 11.0. The van der Waals surface area contributed by atoms with E-state index in [0.29, 0.717) is 10.0 Å². The lowest BCUT2D eigenvalue weighted by molar-refractivity contribution is -0.137. The summed E-state index contributed by atoms with van der Waals surface area (Å²) in [6.07, 6.45) is 1.43. The second kappa shape index (κ2) is 6.85. The summed E-state index contributed by atoms with van der Waals surface area (Å²) >= 11 is 12.3. The van der Waals surface area contributed by atoms with Gasteiger partial charge in [0.15, 0.2) is 0 Å². The number of rotatable bonds is 3. The number of amides is 2. The van der Waals surface area contributed by atoms with Gasteiger partial charge >= 0.3 is 11.8 Å². The van der Waals surface area contributed by atoms with Gasteiger partial charge in [0.1, 0.15) is 0 Å². The molecule has 8 heteroatoms. The predicted molar refractivity (Wildman–Crippen MR) is 90.2 cm³/mol. The smallest absolute Gasteiger partial charge is 0.329 e. The van der Waals surface area contributed by atoms with Crippen molar-refractivity contribution < 1.29 is 9.59 Å². The lowest BCUT2D eigenvalue weighted by Gasteiger charge is -2.12. The summed E-state index contributed by atoms with van der Waals surface area (Å²) in [6, 6.07) is 7.06. The van der Waals surface area contributed by atoms with E-state index in [1.807, 2.05) is 29.9 Å². The molecular weight excluding hydrogens is 339 g/mol. The zero-order valence-electron chi connectivity index (χ0n) is 12.4. The number of hydrogen-bond donors (Lipinski definition) is 2. The minimum atomic E-state index is -1.10. The van der Waals surface area contributed by atoms with E-state index in [2.05, 4.69) is 5.10 Å². The number of carbonyl (C=O) groups is 2. The number of nitrogens with zero attached hydrogens (tertiary/aromatic N) is 2. The van der Waals surface area contributed by atoms with E-state index < -0.39 is 11.8 Å². The molecule has 0 atom stereocenters. The molecule has 1 aromatic heterocycles. The largest absolute Gasteiger partial charge is 0.361 e. The Hall–Kier alpha value is -2.31. The van der Waals surface area contributed by atoms with Crippen molar-refractivity contribution in [2.75, 3.05) is 0 Å². The maximum Gasteiger partial charge on any atom is 0.329 e. The van der Waals surface area contributed by atoms with Crippen molar-refractivity contribution in [3.8, 4) is 5.69 Å². The van der Waals surface area contributed by atoms with Crippen LogP contribution in [-0.4, -0.2) is 22.6 Å². The number of halogens is 2. The first kappa shape index (κ1) is 17.1. The quantitative estimate of drug-likeness (QED) is 0.504. The number of aromatic nitrogens is 1. The molecule has 120 valence electrons. The summed E-state index contributed by atoms with van der Waals surface area (Å²) in [7, 11) is 0. The van der Waals surface area contributed by atoms with E-state index in [0.717, 1.165) is 22.6 Å². The highest BCUT2D eigenvalue weighted by Gasteiger charge is 2.13. The summed E-state index contributed by atoms with van der Waals surface area (Å²) < 4.78 is 1.92. The molecule has 0 aliphatic carbocycles. The van der Waals surface area contributed by atoms with Gasteiger partial charge in [-0.15, -0.1) is 0 Å². The van der Waals surface area contributed by atoms with Crippen LogP contribution in [0.3, 0.4) is 0 Å². The Labute approximate surface area is 142 Å². The highest BCUT2D eigenvalue weighted by atomic mass is 35.5. The Kier molecular flexibility index (Phi) is 5.08.